The third-order valence-corrected chi connectivity index (χ3v) is 13.8. The Morgan fingerprint density at radius 2 is 0.847 bits per heavy atom. The molecule has 0 saturated heterocycles. The predicted octanol–water partition coefficient (Wildman–Crippen LogP) is 17.1. The molecule has 10 aromatic carbocycles. The van der Waals surface area contributed by atoms with E-state index in [1.165, 1.54) is 10.8 Å². The van der Waals surface area contributed by atoms with Crippen molar-refractivity contribution in [1.29, 1.82) is 5.26 Å². The van der Waals surface area contributed by atoms with Crippen LogP contribution in [-0.2, 0) is 0 Å². The summed E-state index contributed by atoms with van der Waals surface area (Å²) in [7, 11) is 0. The molecule has 0 bridgehead atoms. The van der Waals surface area contributed by atoms with E-state index in [0.717, 1.165) is 106 Å². The van der Waals surface area contributed by atoms with E-state index in [1.807, 2.05) is 84.9 Å². The van der Waals surface area contributed by atoms with Gasteiger partial charge in [-0.05, 0) is 82.9 Å². The maximum atomic E-state index is 10.3. The number of aromatic nitrogens is 4. The first kappa shape index (κ1) is 42.0. The van der Waals surface area contributed by atoms with E-state index in [-0.39, 0.29) is 0 Å². The van der Waals surface area contributed by atoms with Crippen molar-refractivity contribution in [1.82, 2.24) is 19.1 Å². The summed E-state index contributed by atoms with van der Waals surface area (Å²) in [6.45, 7) is 8.07. The highest BCUT2D eigenvalue weighted by atomic mass is 15.0. The zero-order valence-corrected chi connectivity index (χ0v) is 38.8. The third kappa shape index (κ3) is 7.02. The molecule has 0 aliphatic rings. The largest absolute Gasteiger partial charge is 0.309 e. The van der Waals surface area contributed by atoms with Gasteiger partial charge in [0.2, 0.25) is 0 Å². The molecule has 0 spiro atoms. The maximum absolute atomic E-state index is 10.3. The van der Waals surface area contributed by atoms with Gasteiger partial charge >= 0.3 is 0 Å². The van der Waals surface area contributed by atoms with Crippen LogP contribution in [0.5, 0.6) is 0 Å². The molecule has 13 rings (SSSR count). The molecule has 0 saturated carbocycles. The Morgan fingerprint density at radius 3 is 1.51 bits per heavy atom. The van der Waals surface area contributed by atoms with Gasteiger partial charge in [0.05, 0.1) is 63.0 Å². The lowest BCUT2D eigenvalue weighted by atomic mass is 9.97. The normalized spacial score (nSPS) is 11.3. The second kappa shape index (κ2) is 17.4. The Labute approximate surface area is 416 Å². The number of nitriles is 1. The van der Waals surface area contributed by atoms with Gasteiger partial charge in [-0.15, -0.1) is 0 Å². The van der Waals surface area contributed by atoms with Gasteiger partial charge in [-0.25, -0.2) is 14.8 Å². The van der Waals surface area contributed by atoms with E-state index in [9.17, 15) is 5.26 Å². The second-order valence-electron chi connectivity index (χ2n) is 17.9. The van der Waals surface area contributed by atoms with Crippen LogP contribution < -0.4 is 0 Å². The van der Waals surface area contributed by atoms with Crippen molar-refractivity contribution in [2.24, 2.45) is 0 Å². The molecule has 0 unspecified atom stereocenters. The zero-order valence-electron chi connectivity index (χ0n) is 38.8. The molecule has 0 amide bonds. The molecule has 0 aliphatic heterocycles. The van der Waals surface area contributed by atoms with Gasteiger partial charge in [-0.2, -0.15) is 5.26 Å². The van der Waals surface area contributed by atoms with Gasteiger partial charge in [-0.1, -0.05) is 182 Å². The molecule has 0 radical (unpaired) electrons. The summed E-state index contributed by atoms with van der Waals surface area (Å²) in [5.41, 5.74) is 17.6. The molecule has 6 heteroatoms. The van der Waals surface area contributed by atoms with Crippen molar-refractivity contribution in [2.45, 2.75) is 0 Å². The molecule has 3 aromatic heterocycles. The molecule has 334 valence electrons. The summed E-state index contributed by atoms with van der Waals surface area (Å²) < 4.78 is 4.78. The Bertz CT molecular complexity index is 4130. The summed E-state index contributed by atoms with van der Waals surface area (Å²) in [6.07, 6.45) is 0. The number of para-hydroxylation sites is 4. The molecule has 0 atom stereocenters. The Balaban J connectivity index is 1.13. The van der Waals surface area contributed by atoms with Crippen LogP contribution in [0.1, 0.15) is 5.56 Å². The van der Waals surface area contributed by atoms with Crippen LogP contribution >= 0.6 is 0 Å². The lowest BCUT2D eigenvalue weighted by Gasteiger charge is -2.20. The minimum atomic E-state index is 0.593. The van der Waals surface area contributed by atoms with E-state index in [4.69, 9.17) is 16.5 Å². The van der Waals surface area contributed by atoms with Crippen molar-refractivity contribution in [3.05, 3.63) is 260 Å². The molecule has 3 heterocycles. The first-order valence-corrected chi connectivity index (χ1v) is 23.9. The van der Waals surface area contributed by atoms with Gasteiger partial charge in [-0.3, -0.25) is 0 Å². The van der Waals surface area contributed by atoms with Gasteiger partial charge in [0.15, 0.2) is 11.5 Å². The summed E-state index contributed by atoms with van der Waals surface area (Å²) in [5.74, 6) is 0.642. The SMILES string of the molecule is [C-]#[N+]c1ccccc1-c1ccc2c(c1)c1cc(-c3ccccc3C#N)ccc1n2-c1cc(-c2cc(-c3ccccc3)nc(-c3ccccc3)n2)ccc1-c1ccccc1-n1c2ccccc2c2ccccc21. The quantitative estimate of drug-likeness (QED) is 0.143. The zero-order chi connectivity index (χ0) is 48.1. The van der Waals surface area contributed by atoms with E-state index in [1.54, 1.807) is 0 Å². The van der Waals surface area contributed by atoms with Crippen LogP contribution in [0.3, 0.4) is 0 Å². The van der Waals surface area contributed by atoms with Crippen molar-refractivity contribution in [2.75, 3.05) is 0 Å². The average Bonchev–Trinajstić information content (AvgIpc) is 3.97. The van der Waals surface area contributed by atoms with Crippen molar-refractivity contribution < 1.29 is 0 Å². The molecular formula is C66H40N6. The Kier molecular flexibility index (Phi) is 10.2. The van der Waals surface area contributed by atoms with E-state index >= 15 is 0 Å². The summed E-state index contributed by atoms with van der Waals surface area (Å²) >= 11 is 0. The van der Waals surface area contributed by atoms with Crippen LogP contribution in [0.25, 0.3) is 127 Å². The first-order chi connectivity index (χ1) is 35.6. The predicted molar refractivity (Wildman–Crippen MR) is 294 cm³/mol. The number of benzene rings is 10. The van der Waals surface area contributed by atoms with Crippen molar-refractivity contribution >= 4 is 49.3 Å². The van der Waals surface area contributed by atoms with E-state index < -0.39 is 0 Å². The fraction of sp³-hybridized carbons (Fsp3) is 0. The minimum Gasteiger partial charge on any atom is -0.309 e. The molecule has 72 heavy (non-hydrogen) atoms. The molecule has 0 fully saturated rings. The fourth-order valence-electron chi connectivity index (χ4n) is 10.5. The number of fused-ring (bicyclic) bond motifs is 6. The summed E-state index contributed by atoms with van der Waals surface area (Å²) in [5, 5.41) is 14.7. The number of rotatable bonds is 8. The molecular weight excluding hydrogens is 877 g/mol. The highest BCUT2D eigenvalue weighted by molar-refractivity contribution is 6.13. The lowest BCUT2D eigenvalue weighted by Crippen LogP contribution is -2.02. The van der Waals surface area contributed by atoms with Crippen molar-refractivity contribution in [3.63, 3.8) is 0 Å². The summed E-state index contributed by atoms with van der Waals surface area (Å²) in [4.78, 5) is 14.4. The minimum absolute atomic E-state index is 0.593. The Hall–Kier alpha value is -10.1. The third-order valence-electron chi connectivity index (χ3n) is 13.8. The van der Waals surface area contributed by atoms with Gasteiger partial charge in [0, 0.05) is 49.4 Å². The van der Waals surface area contributed by atoms with Crippen molar-refractivity contribution in [3.8, 4) is 84.7 Å². The fourth-order valence-corrected chi connectivity index (χ4v) is 10.5. The second-order valence-corrected chi connectivity index (χ2v) is 17.9. The van der Waals surface area contributed by atoms with Crippen LogP contribution in [0.2, 0.25) is 0 Å². The van der Waals surface area contributed by atoms with E-state index in [0.29, 0.717) is 17.1 Å². The topological polar surface area (TPSA) is 63.8 Å². The molecule has 0 N–H and O–H groups in total. The molecule has 0 aliphatic carbocycles. The van der Waals surface area contributed by atoms with Crippen LogP contribution in [0.15, 0.2) is 243 Å². The van der Waals surface area contributed by atoms with Crippen LogP contribution in [-0.4, -0.2) is 19.1 Å². The maximum Gasteiger partial charge on any atom is 0.194 e. The first-order valence-electron chi connectivity index (χ1n) is 23.9. The van der Waals surface area contributed by atoms with Gasteiger partial charge < -0.3 is 9.13 Å². The molecule has 6 nitrogen and oxygen atoms in total. The standard InChI is InChI=1S/C66H40N6/c1-68-57-28-14-10-24-50(57)46-34-37-64-56(39-46)55-38-45(49-23-9-8-22-48(49)42-67)33-36-63(55)72(64)65-40-47(59-41-58(43-18-4-2-5-19-43)69-66(70-59)44-20-6-3-7-21-44)32-35-54(65)53-27-13-17-31-62(53)71-60-29-15-11-25-51(60)52-26-12-16-30-61(52)71/h2-41H. The van der Waals surface area contributed by atoms with Gasteiger partial charge in [0.1, 0.15) is 0 Å². The Morgan fingerprint density at radius 1 is 0.361 bits per heavy atom. The lowest BCUT2D eigenvalue weighted by molar-refractivity contribution is 1.15. The highest BCUT2D eigenvalue weighted by Gasteiger charge is 2.23. The van der Waals surface area contributed by atoms with Crippen LogP contribution in [0.4, 0.5) is 5.69 Å². The number of hydrogen-bond acceptors (Lipinski definition) is 3. The van der Waals surface area contributed by atoms with Crippen LogP contribution in [0, 0.1) is 17.9 Å². The number of nitrogens with zero attached hydrogens (tertiary/aromatic N) is 6. The molecule has 13 aromatic rings. The monoisotopic (exact) mass is 916 g/mol. The summed E-state index contributed by atoms with van der Waals surface area (Å²) in [6, 6.07) is 86.3. The number of hydrogen-bond donors (Lipinski definition) is 0. The average molecular weight is 917 g/mol. The van der Waals surface area contributed by atoms with Gasteiger partial charge in [0.25, 0.3) is 0 Å². The van der Waals surface area contributed by atoms with E-state index in [2.05, 4.69) is 178 Å². The highest BCUT2D eigenvalue weighted by Crippen LogP contribution is 2.44. The smallest absolute Gasteiger partial charge is 0.194 e.